The zero-order chi connectivity index (χ0) is 16.6. The molecule has 0 aliphatic rings. The Labute approximate surface area is 138 Å². The van der Waals surface area contributed by atoms with Gasteiger partial charge in [-0.1, -0.05) is 17.7 Å². The van der Waals surface area contributed by atoms with Crippen LogP contribution in [0.1, 0.15) is 16.7 Å². The number of hydrogen-bond donors (Lipinski definition) is 3. The molecule has 5 N–H and O–H groups in total. The molecule has 3 rings (SSSR count). The van der Waals surface area contributed by atoms with Crippen LogP contribution in [0.4, 0.5) is 17.5 Å². The van der Waals surface area contributed by atoms with E-state index in [2.05, 4.69) is 20.3 Å². The fourth-order valence-electron chi connectivity index (χ4n) is 2.41. The summed E-state index contributed by atoms with van der Waals surface area (Å²) < 4.78 is 0. The summed E-state index contributed by atoms with van der Waals surface area (Å²) >= 11 is 6.14. The molecule has 0 spiro atoms. The maximum atomic E-state index is 6.14. The van der Waals surface area contributed by atoms with Crippen LogP contribution in [0.15, 0.2) is 24.4 Å². The Kier molecular flexibility index (Phi) is 3.92. The predicted octanol–water partition coefficient (Wildman–Crippen LogP) is 3.07. The van der Waals surface area contributed by atoms with Gasteiger partial charge in [0.05, 0.1) is 5.39 Å². The fourth-order valence-corrected chi connectivity index (χ4v) is 2.59. The van der Waals surface area contributed by atoms with Crippen molar-refractivity contribution in [2.45, 2.75) is 20.4 Å². The fraction of sp³-hybridized carbons (Fsp3) is 0.188. The maximum Gasteiger partial charge on any atom is 0.224 e. The number of fused-ring (bicyclic) bond motifs is 1. The van der Waals surface area contributed by atoms with Gasteiger partial charge in [-0.3, -0.25) is 0 Å². The molecular formula is C16H17ClN6. The van der Waals surface area contributed by atoms with Gasteiger partial charge in [-0.05, 0) is 42.7 Å². The van der Waals surface area contributed by atoms with Crippen molar-refractivity contribution in [1.82, 2.24) is 15.0 Å². The lowest BCUT2D eigenvalue weighted by molar-refractivity contribution is 1.09. The molecule has 0 fully saturated rings. The molecule has 7 heteroatoms. The summed E-state index contributed by atoms with van der Waals surface area (Å²) in [4.78, 5) is 12.5. The average molecular weight is 329 g/mol. The highest BCUT2D eigenvalue weighted by Crippen LogP contribution is 2.25. The van der Waals surface area contributed by atoms with Gasteiger partial charge in [-0.15, -0.1) is 0 Å². The van der Waals surface area contributed by atoms with Gasteiger partial charge in [0.25, 0.3) is 0 Å². The van der Waals surface area contributed by atoms with E-state index in [0.29, 0.717) is 18.0 Å². The molecule has 0 atom stereocenters. The van der Waals surface area contributed by atoms with E-state index in [9.17, 15) is 0 Å². The van der Waals surface area contributed by atoms with E-state index in [1.165, 1.54) is 0 Å². The number of hydrogen-bond acceptors (Lipinski definition) is 6. The summed E-state index contributed by atoms with van der Waals surface area (Å²) in [7, 11) is 0. The molecule has 0 radical (unpaired) electrons. The molecule has 3 aromatic rings. The van der Waals surface area contributed by atoms with Gasteiger partial charge in [0, 0.05) is 23.5 Å². The van der Waals surface area contributed by atoms with Crippen molar-refractivity contribution in [2.75, 3.05) is 16.8 Å². The number of benzene rings is 1. The number of nitrogens with zero attached hydrogens (tertiary/aromatic N) is 3. The van der Waals surface area contributed by atoms with E-state index >= 15 is 0 Å². The van der Waals surface area contributed by atoms with Gasteiger partial charge in [0.1, 0.15) is 5.82 Å². The zero-order valence-electron chi connectivity index (χ0n) is 12.9. The molecule has 0 saturated heterocycles. The Balaban J connectivity index is 1.91. The van der Waals surface area contributed by atoms with Crippen LogP contribution in [0.5, 0.6) is 0 Å². The summed E-state index contributed by atoms with van der Waals surface area (Å²) in [6, 6.07) is 5.87. The van der Waals surface area contributed by atoms with Crippen LogP contribution >= 0.6 is 11.6 Å². The number of nitrogens with two attached hydrogens (primary N) is 2. The topological polar surface area (TPSA) is 103 Å². The quantitative estimate of drug-likeness (QED) is 0.682. The summed E-state index contributed by atoms with van der Waals surface area (Å²) in [6.45, 7) is 4.54. The Morgan fingerprint density at radius 2 is 1.96 bits per heavy atom. The highest BCUT2D eigenvalue weighted by Gasteiger charge is 2.11. The van der Waals surface area contributed by atoms with Gasteiger partial charge in [-0.25, -0.2) is 4.98 Å². The minimum absolute atomic E-state index is 0.127. The number of nitrogen functional groups attached to an aromatic ring is 2. The van der Waals surface area contributed by atoms with Gasteiger partial charge in [0.15, 0.2) is 5.65 Å². The summed E-state index contributed by atoms with van der Waals surface area (Å²) in [6.07, 6.45) is 1.77. The number of pyridine rings is 1. The molecule has 0 aliphatic heterocycles. The van der Waals surface area contributed by atoms with E-state index in [0.717, 1.165) is 32.8 Å². The van der Waals surface area contributed by atoms with Gasteiger partial charge in [0.2, 0.25) is 5.95 Å². The Morgan fingerprint density at radius 1 is 1.17 bits per heavy atom. The molecule has 118 valence electrons. The Morgan fingerprint density at radius 3 is 2.70 bits per heavy atom. The van der Waals surface area contributed by atoms with Crippen LogP contribution in [0.3, 0.4) is 0 Å². The lowest BCUT2D eigenvalue weighted by atomic mass is 10.1. The minimum Gasteiger partial charge on any atom is -0.383 e. The normalized spacial score (nSPS) is 10.9. The standard InChI is InChI=1S/C16H17ClN6/c1-8-3-4-11(5-12(8)17)20-6-10-7-21-15-13(9(10)2)14(18)22-16(19)23-15/h3-5,7,20H,6H2,1-2H3,(H4,18,19,21,22,23). The summed E-state index contributed by atoms with van der Waals surface area (Å²) in [5.41, 5.74) is 16.1. The van der Waals surface area contributed by atoms with Crippen molar-refractivity contribution in [3.63, 3.8) is 0 Å². The smallest absolute Gasteiger partial charge is 0.224 e. The molecule has 0 unspecified atom stereocenters. The summed E-state index contributed by atoms with van der Waals surface area (Å²) in [5.74, 6) is 0.472. The number of anilines is 3. The van der Waals surface area contributed by atoms with Crippen molar-refractivity contribution in [1.29, 1.82) is 0 Å². The molecule has 0 aliphatic carbocycles. The second kappa shape index (κ2) is 5.89. The van der Waals surface area contributed by atoms with Crippen LogP contribution in [0, 0.1) is 13.8 Å². The van der Waals surface area contributed by atoms with Crippen molar-refractivity contribution in [3.8, 4) is 0 Å². The van der Waals surface area contributed by atoms with E-state index in [4.69, 9.17) is 23.1 Å². The number of aromatic nitrogens is 3. The van der Waals surface area contributed by atoms with Crippen molar-refractivity contribution in [3.05, 3.63) is 46.1 Å². The van der Waals surface area contributed by atoms with Crippen LogP contribution in [0.25, 0.3) is 11.0 Å². The highest BCUT2D eigenvalue weighted by molar-refractivity contribution is 6.31. The van der Waals surface area contributed by atoms with Crippen LogP contribution in [-0.2, 0) is 6.54 Å². The lowest BCUT2D eigenvalue weighted by Gasteiger charge is -2.12. The van der Waals surface area contributed by atoms with E-state index in [1.807, 2.05) is 32.0 Å². The third-order valence-corrected chi connectivity index (χ3v) is 4.20. The van der Waals surface area contributed by atoms with Gasteiger partial charge >= 0.3 is 0 Å². The summed E-state index contributed by atoms with van der Waals surface area (Å²) in [5, 5.41) is 4.80. The number of halogens is 1. The molecule has 23 heavy (non-hydrogen) atoms. The maximum absolute atomic E-state index is 6.14. The second-order valence-corrected chi connectivity index (χ2v) is 5.80. The first-order chi connectivity index (χ1) is 11.0. The predicted molar refractivity (Wildman–Crippen MR) is 94.4 cm³/mol. The molecule has 0 saturated carbocycles. The number of aryl methyl sites for hydroxylation is 2. The molecule has 2 aromatic heterocycles. The van der Waals surface area contributed by atoms with Crippen molar-refractivity contribution in [2.24, 2.45) is 0 Å². The molecule has 0 amide bonds. The third kappa shape index (κ3) is 2.98. The zero-order valence-corrected chi connectivity index (χ0v) is 13.6. The van der Waals surface area contributed by atoms with Gasteiger partial charge in [-0.2, -0.15) is 9.97 Å². The van der Waals surface area contributed by atoms with E-state index in [1.54, 1.807) is 6.20 Å². The molecule has 0 bridgehead atoms. The molecule has 6 nitrogen and oxygen atoms in total. The SMILES string of the molecule is Cc1ccc(NCc2cnc3nc(N)nc(N)c3c2C)cc1Cl. The van der Waals surface area contributed by atoms with Gasteiger partial charge < -0.3 is 16.8 Å². The van der Waals surface area contributed by atoms with Crippen LogP contribution in [-0.4, -0.2) is 15.0 Å². The van der Waals surface area contributed by atoms with E-state index in [-0.39, 0.29) is 5.95 Å². The number of nitrogens with one attached hydrogen (secondary N) is 1. The molecular weight excluding hydrogens is 312 g/mol. The van der Waals surface area contributed by atoms with Crippen LogP contribution < -0.4 is 16.8 Å². The molecule has 2 heterocycles. The first-order valence-electron chi connectivity index (χ1n) is 7.13. The minimum atomic E-state index is 0.127. The second-order valence-electron chi connectivity index (χ2n) is 5.39. The monoisotopic (exact) mass is 328 g/mol. The first kappa shape index (κ1) is 15.3. The third-order valence-electron chi connectivity index (χ3n) is 3.79. The largest absolute Gasteiger partial charge is 0.383 e. The van der Waals surface area contributed by atoms with Crippen LogP contribution in [0.2, 0.25) is 5.02 Å². The average Bonchev–Trinajstić information content (AvgIpc) is 2.49. The van der Waals surface area contributed by atoms with Crippen molar-refractivity contribution < 1.29 is 0 Å². The lowest BCUT2D eigenvalue weighted by Crippen LogP contribution is -2.07. The highest BCUT2D eigenvalue weighted by atomic mass is 35.5. The van der Waals surface area contributed by atoms with Crippen molar-refractivity contribution >= 4 is 40.1 Å². The number of rotatable bonds is 3. The first-order valence-corrected chi connectivity index (χ1v) is 7.50. The van der Waals surface area contributed by atoms with E-state index < -0.39 is 0 Å². The molecule has 1 aromatic carbocycles. The Hall–Kier alpha value is -2.60. The Bertz CT molecular complexity index is 893.